The van der Waals surface area contributed by atoms with Gasteiger partial charge in [0, 0.05) is 33.7 Å². The Labute approximate surface area is 248 Å². The highest BCUT2D eigenvalue weighted by Crippen LogP contribution is 2.29. The smallest absolute Gasteiger partial charge is 0.245 e. The zero-order valence-corrected chi connectivity index (χ0v) is 27.7. The van der Waals surface area contributed by atoms with Gasteiger partial charge in [-0.15, -0.1) is 0 Å². The van der Waals surface area contributed by atoms with E-state index in [0.717, 1.165) is 25.5 Å². The first-order valence-electron chi connectivity index (χ1n) is 15.2. The Hall–Kier alpha value is -2.04. The Kier molecular flexibility index (Phi) is 15.5. The number of amides is 3. The zero-order valence-electron chi connectivity index (χ0n) is 27.7. The highest BCUT2D eigenvalue weighted by molar-refractivity contribution is 5.90. The Morgan fingerprint density at radius 1 is 1.00 bits per heavy atom. The van der Waals surface area contributed by atoms with Gasteiger partial charge in [-0.1, -0.05) is 54.9 Å². The van der Waals surface area contributed by atoms with Crippen LogP contribution in [0, 0.1) is 23.7 Å². The second-order valence-corrected chi connectivity index (χ2v) is 12.7. The lowest BCUT2D eigenvalue weighted by Gasteiger charge is -2.41. The summed E-state index contributed by atoms with van der Waals surface area (Å²) in [6, 6.07) is -1.65. The van der Waals surface area contributed by atoms with Gasteiger partial charge in [-0.3, -0.25) is 19.3 Å². The number of likely N-dealkylation sites (N-methyl/N-ethyl adjacent to an activating group) is 2. The molecule has 0 aromatic heterocycles. The van der Waals surface area contributed by atoms with Gasteiger partial charge < -0.3 is 29.4 Å². The number of methoxy groups -OCH3 is 2. The topological polar surface area (TPSA) is 108 Å². The SMILES string of the molecule is CC[C@H](C)[C@@H]([C@@H](CC(=O)N1CCC[C@H]1[C@H](OC)[C@@H](C)C=O)OC)N(C)C(=O)[C@@H](NC(=O)[C@H](C(C)C)N(C)C)C(C)C. The monoisotopic (exact) mass is 582 g/mol. The van der Waals surface area contributed by atoms with Crippen LogP contribution in [-0.2, 0) is 28.7 Å². The molecule has 3 amide bonds. The van der Waals surface area contributed by atoms with E-state index in [1.54, 1.807) is 26.2 Å². The molecule has 238 valence electrons. The molecule has 1 fully saturated rings. The molecule has 0 aromatic rings. The molecule has 0 radical (unpaired) electrons. The minimum Gasteiger partial charge on any atom is -0.379 e. The molecule has 1 heterocycles. The third-order valence-corrected chi connectivity index (χ3v) is 8.77. The van der Waals surface area contributed by atoms with Crippen LogP contribution in [0.5, 0.6) is 0 Å². The van der Waals surface area contributed by atoms with E-state index in [9.17, 15) is 19.2 Å². The van der Waals surface area contributed by atoms with E-state index in [1.807, 2.05) is 58.5 Å². The molecule has 10 nitrogen and oxygen atoms in total. The largest absolute Gasteiger partial charge is 0.379 e. The Balaban J connectivity index is 3.24. The maximum Gasteiger partial charge on any atom is 0.245 e. The second kappa shape index (κ2) is 17.2. The lowest BCUT2D eigenvalue weighted by atomic mass is 9.89. The summed E-state index contributed by atoms with van der Waals surface area (Å²) in [6.45, 7) is 14.3. The Morgan fingerprint density at radius 2 is 1.61 bits per heavy atom. The van der Waals surface area contributed by atoms with Crippen molar-refractivity contribution in [2.45, 2.75) is 111 Å². The summed E-state index contributed by atoms with van der Waals surface area (Å²) >= 11 is 0. The van der Waals surface area contributed by atoms with E-state index in [0.29, 0.717) is 6.54 Å². The van der Waals surface area contributed by atoms with Gasteiger partial charge in [0.2, 0.25) is 17.7 Å². The van der Waals surface area contributed by atoms with Crippen molar-refractivity contribution in [3.8, 4) is 0 Å². The van der Waals surface area contributed by atoms with Gasteiger partial charge in [0.1, 0.15) is 12.3 Å². The summed E-state index contributed by atoms with van der Waals surface area (Å²) < 4.78 is 11.6. The molecule has 1 N–H and O–H groups in total. The molecule has 0 saturated carbocycles. The van der Waals surface area contributed by atoms with E-state index >= 15 is 0 Å². The molecular weight excluding hydrogens is 524 g/mol. The molecule has 0 bridgehead atoms. The van der Waals surface area contributed by atoms with Crippen LogP contribution in [0.25, 0.3) is 0 Å². The van der Waals surface area contributed by atoms with Crippen LogP contribution in [0.1, 0.15) is 74.1 Å². The fraction of sp³-hybridized carbons (Fsp3) is 0.871. The highest BCUT2D eigenvalue weighted by Gasteiger charge is 2.42. The number of rotatable bonds is 17. The molecule has 1 aliphatic heterocycles. The van der Waals surface area contributed by atoms with Crippen LogP contribution in [0.2, 0.25) is 0 Å². The zero-order chi connectivity index (χ0) is 31.6. The van der Waals surface area contributed by atoms with Gasteiger partial charge in [-0.05, 0) is 44.7 Å². The molecule has 1 saturated heterocycles. The van der Waals surface area contributed by atoms with Gasteiger partial charge in [-0.25, -0.2) is 0 Å². The van der Waals surface area contributed by atoms with Crippen LogP contribution in [0.4, 0.5) is 0 Å². The second-order valence-electron chi connectivity index (χ2n) is 12.7. The normalized spacial score (nSPS) is 20.9. The van der Waals surface area contributed by atoms with Crippen molar-refractivity contribution in [1.29, 1.82) is 0 Å². The number of aldehydes is 1. The Bertz CT molecular complexity index is 842. The summed E-state index contributed by atoms with van der Waals surface area (Å²) in [5.41, 5.74) is 0. The first-order chi connectivity index (χ1) is 19.2. The fourth-order valence-corrected chi connectivity index (χ4v) is 6.37. The van der Waals surface area contributed by atoms with Crippen LogP contribution in [-0.4, -0.2) is 117 Å². The maximum atomic E-state index is 14.0. The van der Waals surface area contributed by atoms with E-state index in [4.69, 9.17) is 9.47 Å². The van der Waals surface area contributed by atoms with Crippen molar-refractivity contribution in [3.05, 3.63) is 0 Å². The molecule has 10 heteroatoms. The number of carbonyl (C=O) groups excluding carboxylic acids is 4. The fourth-order valence-electron chi connectivity index (χ4n) is 6.37. The first-order valence-corrected chi connectivity index (χ1v) is 15.2. The predicted molar refractivity (Wildman–Crippen MR) is 161 cm³/mol. The number of ether oxygens (including phenoxy) is 2. The van der Waals surface area contributed by atoms with Crippen LogP contribution < -0.4 is 5.32 Å². The summed E-state index contributed by atoms with van der Waals surface area (Å²) in [4.78, 5) is 57.8. The van der Waals surface area contributed by atoms with Crippen molar-refractivity contribution in [3.63, 3.8) is 0 Å². The maximum absolute atomic E-state index is 14.0. The average molecular weight is 583 g/mol. The van der Waals surface area contributed by atoms with E-state index in [1.165, 1.54) is 0 Å². The molecule has 8 atom stereocenters. The summed E-state index contributed by atoms with van der Waals surface area (Å²) in [5.74, 6) is -0.822. The van der Waals surface area contributed by atoms with Crippen molar-refractivity contribution in [2.24, 2.45) is 23.7 Å². The number of likely N-dealkylation sites (tertiary alicyclic amines) is 1. The third-order valence-electron chi connectivity index (χ3n) is 8.77. The van der Waals surface area contributed by atoms with Crippen LogP contribution in [0.3, 0.4) is 0 Å². The summed E-state index contributed by atoms with van der Waals surface area (Å²) in [6.07, 6.45) is 2.44. The quantitative estimate of drug-likeness (QED) is 0.263. The highest BCUT2D eigenvalue weighted by atomic mass is 16.5. The Morgan fingerprint density at radius 3 is 2.05 bits per heavy atom. The number of hydrogen-bond donors (Lipinski definition) is 1. The number of nitrogens with one attached hydrogen (secondary N) is 1. The van der Waals surface area contributed by atoms with Gasteiger partial charge in [0.15, 0.2) is 0 Å². The van der Waals surface area contributed by atoms with Crippen molar-refractivity contribution >= 4 is 24.0 Å². The molecule has 41 heavy (non-hydrogen) atoms. The number of nitrogens with zero attached hydrogens (tertiary/aromatic N) is 3. The lowest BCUT2D eigenvalue weighted by molar-refractivity contribution is -0.147. The van der Waals surface area contributed by atoms with Crippen molar-refractivity contribution in [2.75, 3.05) is 41.9 Å². The van der Waals surface area contributed by atoms with Gasteiger partial charge >= 0.3 is 0 Å². The van der Waals surface area contributed by atoms with Crippen LogP contribution in [0.15, 0.2) is 0 Å². The van der Waals surface area contributed by atoms with Gasteiger partial charge in [0.25, 0.3) is 0 Å². The van der Waals surface area contributed by atoms with Crippen molar-refractivity contribution < 1.29 is 28.7 Å². The minimum atomic E-state index is -0.719. The lowest BCUT2D eigenvalue weighted by Crippen LogP contribution is -2.59. The molecule has 1 aliphatic rings. The molecule has 0 aromatic carbocycles. The number of carbonyl (C=O) groups is 4. The molecule has 1 rings (SSSR count). The van der Waals surface area contributed by atoms with E-state index < -0.39 is 12.1 Å². The standard InChI is InChI=1S/C31H58N4O6/c1-13-21(6)28(34(10)31(39)26(19(2)3)32-30(38)27(20(4)5)33(8)9)24(40-11)17-25(37)35-16-14-15-23(35)29(41-12)22(7)18-36/h18-24,26-29H,13-17H2,1-12H3,(H,32,38)/t21-,22-,23-,24+,26-,27-,28-,29+/m0/s1. The number of hydrogen-bond acceptors (Lipinski definition) is 7. The third kappa shape index (κ3) is 9.48. The summed E-state index contributed by atoms with van der Waals surface area (Å²) in [7, 11) is 8.62. The molecule has 0 aliphatic carbocycles. The van der Waals surface area contributed by atoms with E-state index in [2.05, 4.69) is 19.2 Å². The van der Waals surface area contributed by atoms with Crippen molar-refractivity contribution in [1.82, 2.24) is 20.0 Å². The predicted octanol–water partition coefficient (Wildman–Crippen LogP) is 2.83. The minimum absolute atomic E-state index is 0.0339. The summed E-state index contributed by atoms with van der Waals surface area (Å²) in [5, 5.41) is 3.02. The van der Waals surface area contributed by atoms with Gasteiger partial charge in [-0.2, -0.15) is 0 Å². The van der Waals surface area contributed by atoms with Gasteiger partial charge in [0.05, 0.1) is 36.8 Å². The van der Waals surface area contributed by atoms with E-state index in [-0.39, 0.29) is 72.0 Å². The molecule has 0 spiro atoms. The first kappa shape index (κ1) is 37.0. The molecule has 0 unspecified atom stereocenters. The van der Waals surface area contributed by atoms with Crippen LogP contribution >= 0.6 is 0 Å². The molecular formula is C31H58N4O6. The average Bonchev–Trinajstić information content (AvgIpc) is 3.39.